The highest BCUT2D eigenvalue weighted by Gasteiger charge is 2.15. The average Bonchev–Trinajstić information content (AvgIpc) is 3.36. The lowest BCUT2D eigenvalue weighted by Gasteiger charge is -2.06. The van der Waals surface area contributed by atoms with Crippen LogP contribution in [0.3, 0.4) is 0 Å². The van der Waals surface area contributed by atoms with Crippen molar-refractivity contribution in [3.05, 3.63) is 74.3 Å². The Kier molecular flexibility index (Phi) is 6.27. The van der Waals surface area contributed by atoms with Gasteiger partial charge >= 0.3 is 0 Å². The molecule has 1 fully saturated rings. The van der Waals surface area contributed by atoms with Gasteiger partial charge in [-0.15, -0.1) is 11.3 Å². The van der Waals surface area contributed by atoms with Crippen LogP contribution in [0.2, 0.25) is 10.0 Å². The molecule has 1 saturated heterocycles. The second-order valence-electron chi connectivity index (χ2n) is 6.49. The van der Waals surface area contributed by atoms with Crippen LogP contribution in [-0.2, 0) is 4.74 Å². The van der Waals surface area contributed by atoms with E-state index in [2.05, 4.69) is 5.38 Å². The summed E-state index contributed by atoms with van der Waals surface area (Å²) in [5.74, 6) is 0. The first-order valence-electron chi connectivity index (χ1n) is 9.07. The lowest BCUT2D eigenvalue weighted by Crippen LogP contribution is -2.17. The van der Waals surface area contributed by atoms with Gasteiger partial charge in [-0.1, -0.05) is 47.5 Å². The van der Waals surface area contributed by atoms with Crippen LogP contribution < -0.4 is 4.80 Å². The maximum absolute atomic E-state index is 6.04. The highest BCUT2D eigenvalue weighted by Crippen LogP contribution is 2.22. The maximum atomic E-state index is 6.04. The molecule has 4 rings (SSSR count). The number of hydrogen-bond acceptors (Lipinski definition) is 4. The fourth-order valence-corrected chi connectivity index (χ4v) is 4.08. The van der Waals surface area contributed by atoms with E-state index in [-0.39, 0.29) is 6.10 Å². The number of benzene rings is 2. The van der Waals surface area contributed by atoms with E-state index >= 15 is 0 Å². The molecular weight excluding hydrogens is 413 g/mol. The summed E-state index contributed by atoms with van der Waals surface area (Å²) in [6.07, 6.45) is 4.19. The van der Waals surface area contributed by atoms with Gasteiger partial charge in [0.15, 0.2) is 0 Å². The molecule has 7 heteroatoms. The first kappa shape index (κ1) is 19.4. The lowest BCUT2D eigenvalue weighted by molar-refractivity contribution is 0.117. The van der Waals surface area contributed by atoms with Crippen molar-refractivity contribution in [3.8, 4) is 11.3 Å². The lowest BCUT2D eigenvalue weighted by atomic mass is 10.2. The Labute approximate surface area is 177 Å². The highest BCUT2D eigenvalue weighted by molar-refractivity contribution is 7.07. The predicted molar refractivity (Wildman–Crippen MR) is 117 cm³/mol. The minimum atomic E-state index is 0.203. The van der Waals surface area contributed by atoms with Gasteiger partial charge in [0.1, 0.15) is 0 Å². The van der Waals surface area contributed by atoms with E-state index in [0.29, 0.717) is 16.6 Å². The van der Waals surface area contributed by atoms with Crippen molar-refractivity contribution < 1.29 is 4.74 Å². The second kappa shape index (κ2) is 9.05. The van der Waals surface area contributed by atoms with Crippen LogP contribution in [0.5, 0.6) is 0 Å². The Morgan fingerprint density at radius 2 is 1.79 bits per heavy atom. The molecule has 28 heavy (non-hydrogen) atoms. The molecule has 0 spiro atoms. The largest absolute Gasteiger partial charge is 0.376 e. The van der Waals surface area contributed by atoms with Gasteiger partial charge in [0.2, 0.25) is 4.80 Å². The molecule has 0 radical (unpaired) electrons. The zero-order valence-electron chi connectivity index (χ0n) is 15.1. The van der Waals surface area contributed by atoms with Crippen molar-refractivity contribution in [3.63, 3.8) is 0 Å². The van der Waals surface area contributed by atoms with Crippen LogP contribution in [0.25, 0.3) is 11.3 Å². The van der Waals surface area contributed by atoms with Crippen molar-refractivity contribution in [2.24, 2.45) is 10.1 Å². The fourth-order valence-electron chi connectivity index (χ4n) is 2.98. The third-order valence-electron chi connectivity index (χ3n) is 4.47. The molecule has 0 N–H and O–H groups in total. The van der Waals surface area contributed by atoms with Gasteiger partial charge in [-0.3, -0.25) is 4.99 Å². The molecular formula is C21H19Cl2N3OS. The molecule has 1 atom stereocenters. The summed E-state index contributed by atoms with van der Waals surface area (Å²) in [6, 6.07) is 15.3. The van der Waals surface area contributed by atoms with E-state index in [4.69, 9.17) is 38.0 Å². The van der Waals surface area contributed by atoms with Gasteiger partial charge in [0.25, 0.3) is 0 Å². The van der Waals surface area contributed by atoms with Crippen molar-refractivity contribution in [1.82, 2.24) is 4.68 Å². The first-order valence-corrected chi connectivity index (χ1v) is 10.7. The standard InChI is InChI=1S/C21H19Cl2N3OS/c22-17-7-3-15(4-8-17)12-25-26-20(16-5-9-18(23)10-6-16)14-28-21(26)24-13-19-2-1-11-27-19/h3-10,12,14,19H,1-2,11,13H2. The van der Waals surface area contributed by atoms with Crippen LogP contribution >= 0.6 is 34.5 Å². The quantitative estimate of drug-likeness (QED) is 0.492. The van der Waals surface area contributed by atoms with E-state index in [1.54, 1.807) is 11.3 Å². The Bertz CT molecular complexity index is 1020. The number of hydrogen-bond donors (Lipinski definition) is 0. The van der Waals surface area contributed by atoms with E-state index in [0.717, 1.165) is 41.1 Å². The molecule has 1 aliphatic heterocycles. The Morgan fingerprint density at radius 3 is 2.46 bits per heavy atom. The molecule has 0 bridgehead atoms. The Hall–Kier alpha value is -1.92. The summed E-state index contributed by atoms with van der Waals surface area (Å²) >= 11 is 13.6. The second-order valence-corrected chi connectivity index (χ2v) is 8.20. The van der Waals surface area contributed by atoms with Gasteiger partial charge in [-0.05, 0) is 42.7 Å². The molecule has 1 unspecified atom stereocenters. The average molecular weight is 432 g/mol. The van der Waals surface area contributed by atoms with Gasteiger partial charge in [0.05, 0.1) is 24.6 Å². The highest BCUT2D eigenvalue weighted by atomic mass is 35.5. The first-order chi connectivity index (χ1) is 13.7. The van der Waals surface area contributed by atoms with E-state index in [9.17, 15) is 0 Å². The van der Waals surface area contributed by atoms with Gasteiger partial charge in [-0.25, -0.2) is 4.68 Å². The van der Waals surface area contributed by atoms with Crippen LogP contribution in [-0.4, -0.2) is 30.1 Å². The minimum Gasteiger partial charge on any atom is -0.376 e. The minimum absolute atomic E-state index is 0.203. The number of aromatic nitrogens is 1. The Balaban J connectivity index is 1.70. The van der Waals surface area contributed by atoms with Crippen molar-refractivity contribution in [2.45, 2.75) is 18.9 Å². The number of nitrogens with zero attached hydrogens (tertiary/aromatic N) is 3. The molecule has 2 heterocycles. The molecule has 0 aliphatic carbocycles. The summed E-state index contributed by atoms with van der Waals surface area (Å²) in [7, 11) is 0. The van der Waals surface area contributed by atoms with Gasteiger partial charge in [-0.2, -0.15) is 5.10 Å². The van der Waals surface area contributed by atoms with Crippen molar-refractivity contribution >= 4 is 40.8 Å². The number of thiazole rings is 1. The smallest absolute Gasteiger partial charge is 0.206 e. The number of rotatable bonds is 5. The van der Waals surface area contributed by atoms with E-state index in [1.165, 1.54) is 0 Å². The van der Waals surface area contributed by atoms with E-state index < -0.39 is 0 Å². The van der Waals surface area contributed by atoms with Gasteiger partial charge < -0.3 is 4.74 Å². The summed E-state index contributed by atoms with van der Waals surface area (Å²) in [6.45, 7) is 1.48. The van der Waals surface area contributed by atoms with Crippen molar-refractivity contribution in [2.75, 3.05) is 13.2 Å². The molecule has 2 aromatic carbocycles. The zero-order chi connectivity index (χ0) is 19.3. The summed E-state index contributed by atoms with van der Waals surface area (Å²) in [4.78, 5) is 5.61. The van der Waals surface area contributed by atoms with Gasteiger partial charge in [0, 0.05) is 27.6 Å². The third kappa shape index (κ3) is 4.73. The van der Waals surface area contributed by atoms with Crippen LogP contribution in [0.1, 0.15) is 18.4 Å². The molecule has 144 valence electrons. The van der Waals surface area contributed by atoms with Crippen molar-refractivity contribution in [1.29, 1.82) is 0 Å². The maximum Gasteiger partial charge on any atom is 0.206 e. The molecule has 0 amide bonds. The summed E-state index contributed by atoms with van der Waals surface area (Å²) in [5, 5.41) is 8.18. The summed E-state index contributed by atoms with van der Waals surface area (Å²) in [5.41, 5.74) is 2.97. The van der Waals surface area contributed by atoms with Crippen LogP contribution in [0.15, 0.2) is 64.0 Å². The monoisotopic (exact) mass is 431 g/mol. The summed E-state index contributed by atoms with van der Waals surface area (Å²) < 4.78 is 7.57. The number of ether oxygens (including phenoxy) is 1. The van der Waals surface area contributed by atoms with E-state index in [1.807, 2.05) is 59.4 Å². The topological polar surface area (TPSA) is 38.9 Å². The van der Waals surface area contributed by atoms with Crippen LogP contribution in [0, 0.1) is 0 Å². The Morgan fingerprint density at radius 1 is 1.07 bits per heavy atom. The number of halogens is 2. The molecule has 1 aliphatic rings. The normalized spacial score (nSPS) is 17.6. The molecule has 4 nitrogen and oxygen atoms in total. The fraction of sp³-hybridized carbons (Fsp3) is 0.238. The molecule has 1 aromatic heterocycles. The predicted octanol–water partition coefficient (Wildman–Crippen LogP) is 5.49. The zero-order valence-corrected chi connectivity index (χ0v) is 17.4. The third-order valence-corrected chi connectivity index (χ3v) is 5.83. The molecule has 0 saturated carbocycles. The van der Waals surface area contributed by atoms with Crippen LogP contribution in [0.4, 0.5) is 0 Å². The molecule has 3 aromatic rings. The SMILES string of the molecule is Clc1ccc(C=Nn2c(-c3ccc(Cl)cc3)csc2=NCC2CCCO2)cc1.